The maximum absolute atomic E-state index is 13.7. The normalized spacial score (nSPS) is 15.3. The highest BCUT2D eigenvalue weighted by atomic mass is 35.5. The lowest BCUT2D eigenvalue weighted by Gasteiger charge is -2.42. The van der Waals surface area contributed by atoms with Crippen molar-refractivity contribution < 1.29 is 13.9 Å². The zero-order valence-corrected chi connectivity index (χ0v) is 19.5. The second-order valence-electron chi connectivity index (χ2n) is 8.25. The van der Waals surface area contributed by atoms with Crippen molar-refractivity contribution in [3.8, 4) is 5.75 Å². The number of ether oxygens (including phenoxy) is 2. The standard InChI is InChI=1S/C24H27ClFN5O2/c1-16-19(28-10-7-20(16)32-2)14-31(22-13-21(25)29-23(27)30-22)15-24(8-11-33-12-9-24)17-3-5-18(26)6-4-17/h3-7,10,13H,8-9,11-12,14-15H2,1-2H3,(H2,27,29,30). The number of anilines is 2. The molecule has 2 N–H and O–H groups in total. The number of hydrogen-bond acceptors (Lipinski definition) is 7. The first-order valence-corrected chi connectivity index (χ1v) is 11.2. The van der Waals surface area contributed by atoms with Crippen LogP contribution in [0.25, 0.3) is 0 Å². The number of pyridine rings is 1. The molecule has 0 radical (unpaired) electrons. The van der Waals surface area contributed by atoms with Crippen molar-refractivity contribution in [2.75, 3.05) is 37.5 Å². The topological polar surface area (TPSA) is 86.4 Å². The van der Waals surface area contributed by atoms with Crippen LogP contribution in [-0.4, -0.2) is 41.8 Å². The van der Waals surface area contributed by atoms with Gasteiger partial charge in [-0.25, -0.2) is 9.37 Å². The maximum atomic E-state index is 13.7. The second kappa shape index (κ2) is 9.89. The van der Waals surface area contributed by atoms with Crippen molar-refractivity contribution in [2.24, 2.45) is 0 Å². The fourth-order valence-corrected chi connectivity index (χ4v) is 4.58. The number of nitrogen functional groups attached to an aromatic ring is 1. The number of aromatic nitrogens is 3. The molecule has 4 rings (SSSR count). The van der Waals surface area contributed by atoms with Gasteiger partial charge < -0.3 is 20.1 Å². The van der Waals surface area contributed by atoms with Crippen LogP contribution in [0.1, 0.15) is 29.7 Å². The molecule has 1 fully saturated rings. The van der Waals surface area contributed by atoms with Crippen LogP contribution >= 0.6 is 11.6 Å². The predicted octanol–water partition coefficient (Wildman–Crippen LogP) is 4.32. The van der Waals surface area contributed by atoms with E-state index in [1.54, 1.807) is 19.4 Å². The summed E-state index contributed by atoms with van der Waals surface area (Å²) in [5.41, 5.74) is 8.51. The number of halogens is 2. The van der Waals surface area contributed by atoms with Gasteiger partial charge in [-0.3, -0.25) is 4.98 Å². The number of hydrogen-bond donors (Lipinski definition) is 1. The molecule has 0 unspecified atom stereocenters. The van der Waals surface area contributed by atoms with Crippen molar-refractivity contribution in [1.29, 1.82) is 0 Å². The Hall–Kier alpha value is -2.97. The first-order valence-electron chi connectivity index (χ1n) is 10.8. The minimum absolute atomic E-state index is 0.0978. The highest BCUT2D eigenvalue weighted by molar-refractivity contribution is 6.29. The largest absolute Gasteiger partial charge is 0.496 e. The van der Waals surface area contributed by atoms with Crippen LogP contribution in [0.2, 0.25) is 5.15 Å². The van der Waals surface area contributed by atoms with Gasteiger partial charge in [0.2, 0.25) is 5.95 Å². The average Bonchev–Trinajstić information content (AvgIpc) is 2.80. The van der Waals surface area contributed by atoms with Crippen LogP contribution in [0.5, 0.6) is 5.75 Å². The van der Waals surface area contributed by atoms with E-state index < -0.39 is 0 Å². The van der Waals surface area contributed by atoms with Gasteiger partial charge >= 0.3 is 0 Å². The molecular weight excluding hydrogens is 445 g/mol. The van der Waals surface area contributed by atoms with E-state index in [4.69, 9.17) is 26.8 Å². The molecule has 2 aromatic heterocycles. The number of nitrogens with zero attached hydrogens (tertiary/aromatic N) is 4. The van der Waals surface area contributed by atoms with E-state index >= 15 is 0 Å². The molecule has 1 aliphatic rings. The Labute approximate surface area is 197 Å². The van der Waals surface area contributed by atoms with E-state index in [0.717, 1.165) is 35.4 Å². The van der Waals surface area contributed by atoms with E-state index in [2.05, 4.69) is 19.9 Å². The summed E-state index contributed by atoms with van der Waals surface area (Å²) in [6.07, 6.45) is 3.30. The lowest BCUT2D eigenvalue weighted by molar-refractivity contribution is 0.0520. The van der Waals surface area contributed by atoms with Crippen LogP contribution in [0, 0.1) is 12.7 Å². The summed E-state index contributed by atoms with van der Waals surface area (Å²) in [7, 11) is 1.64. The lowest BCUT2D eigenvalue weighted by Crippen LogP contribution is -2.45. The number of nitrogens with two attached hydrogens (primary N) is 1. The Morgan fingerprint density at radius 3 is 2.58 bits per heavy atom. The molecule has 0 spiro atoms. The fraction of sp³-hybridized carbons (Fsp3) is 0.375. The van der Waals surface area contributed by atoms with Gasteiger partial charge in [0.15, 0.2) is 0 Å². The molecule has 0 atom stereocenters. The van der Waals surface area contributed by atoms with Gasteiger partial charge in [-0.15, -0.1) is 0 Å². The number of methoxy groups -OCH3 is 1. The Kier molecular flexibility index (Phi) is 6.95. The third-order valence-corrected chi connectivity index (χ3v) is 6.44. The fourth-order valence-electron chi connectivity index (χ4n) is 4.39. The molecule has 174 valence electrons. The minimum atomic E-state index is -0.273. The third kappa shape index (κ3) is 5.17. The first-order chi connectivity index (χ1) is 15.9. The van der Waals surface area contributed by atoms with Crippen molar-refractivity contribution in [2.45, 2.75) is 31.7 Å². The van der Waals surface area contributed by atoms with Gasteiger partial charge in [0, 0.05) is 43.0 Å². The summed E-state index contributed by atoms with van der Waals surface area (Å²) in [4.78, 5) is 15.2. The highest BCUT2D eigenvalue weighted by Crippen LogP contribution is 2.38. The van der Waals surface area contributed by atoms with E-state index in [9.17, 15) is 4.39 Å². The molecule has 1 aromatic carbocycles. The summed E-state index contributed by atoms with van der Waals surface area (Å²) in [6.45, 7) is 4.26. The van der Waals surface area contributed by atoms with Crippen LogP contribution in [-0.2, 0) is 16.7 Å². The summed E-state index contributed by atoms with van der Waals surface area (Å²) in [5.74, 6) is 1.20. The van der Waals surface area contributed by atoms with E-state index in [1.807, 2.05) is 25.1 Å². The van der Waals surface area contributed by atoms with Crippen molar-refractivity contribution >= 4 is 23.4 Å². The van der Waals surface area contributed by atoms with Crippen LogP contribution in [0.3, 0.4) is 0 Å². The van der Waals surface area contributed by atoms with Gasteiger partial charge in [-0.2, -0.15) is 4.98 Å². The van der Waals surface area contributed by atoms with Crippen LogP contribution < -0.4 is 15.4 Å². The van der Waals surface area contributed by atoms with Crippen molar-refractivity contribution in [3.05, 3.63) is 70.4 Å². The SMILES string of the molecule is COc1ccnc(CN(CC2(c3ccc(F)cc3)CCOCC2)c2cc(Cl)nc(N)n2)c1C. The summed E-state index contributed by atoms with van der Waals surface area (Å²) in [5, 5.41) is 0.264. The Morgan fingerprint density at radius 2 is 1.91 bits per heavy atom. The molecule has 3 heterocycles. The molecule has 0 aliphatic carbocycles. The van der Waals surface area contributed by atoms with Gasteiger partial charge in [-0.1, -0.05) is 23.7 Å². The Morgan fingerprint density at radius 1 is 1.18 bits per heavy atom. The zero-order chi connectivity index (χ0) is 23.4. The third-order valence-electron chi connectivity index (χ3n) is 6.24. The molecule has 1 aliphatic heterocycles. The minimum Gasteiger partial charge on any atom is -0.496 e. The molecule has 9 heteroatoms. The molecule has 0 bridgehead atoms. The summed E-state index contributed by atoms with van der Waals surface area (Å²) in [6, 6.07) is 10.3. The van der Waals surface area contributed by atoms with E-state index in [1.165, 1.54) is 12.1 Å². The molecule has 1 saturated heterocycles. The average molecular weight is 472 g/mol. The van der Waals surface area contributed by atoms with Gasteiger partial charge in [0.25, 0.3) is 0 Å². The van der Waals surface area contributed by atoms with Gasteiger partial charge in [0.1, 0.15) is 22.5 Å². The van der Waals surface area contributed by atoms with E-state index in [-0.39, 0.29) is 22.3 Å². The van der Waals surface area contributed by atoms with Crippen molar-refractivity contribution in [1.82, 2.24) is 15.0 Å². The monoisotopic (exact) mass is 471 g/mol. The van der Waals surface area contributed by atoms with Gasteiger partial charge in [-0.05, 0) is 43.5 Å². The molecular formula is C24H27ClFN5O2. The summed E-state index contributed by atoms with van der Waals surface area (Å²) < 4.78 is 24.9. The summed E-state index contributed by atoms with van der Waals surface area (Å²) >= 11 is 6.23. The van der Waals surface area contributed by atoms with Crippen LogP contribution in [0.15, 0.2) is 42.6 Å². The molecule has 33 heavy (non-hydrogen) atoms. The lowest BCUT2D eigenvalue weighted by atomic mass is 9.73. The molecule has 0 amide bonds. The second-order valence-corrected chi connectivity index (χ2v) is 8.63. The number of benzene rings is 1. The molecule has 0 saturated carbocycles. The quantitative estimate of drug-likeness (QED) is 0.513. The molecule has 7 nitrogen and oxygen atoms in total. The zero-order valence-electron chi connectivity index (χ0n) is 18.7. The highest BCUT2D eigenvalue weighted by Gasteiger charge is 2.37. The Balaban J connectivity index is 1.77. The molecule has 3 aromatic rings. The predicted molar refractivity (Wildman–Crippen MR) is 126 cm³/mol. The van der Waals surface area contributed by atoms with Crippen molar-refractivity contribution in [3.63, 3.8) is 0 Å². The van der Waals surface area contributed by atoms with E-state index in [0.29, 0.717) is 32.1 Å². The number of rotatable bonds is 7. The smallest absolute Gasteiger partial charge is 0.223 e. The van der Waals surface area contributed by atoms with Crippen LogP contribution in [0.4, 0.5) is 16.2 Å². The first kappa shape index (κ1) is 23.2. The van der Waals surface area contributed by atoms with Gasteiger partial charge in [0.05, 0.1) is 19.3 Å². The maximum Gasteiger partial charge on any atom is 0.223 e. The Bertz CT molecular complexity index is 1090.